The molecule has 0 aliphatic rings. The zero-order valence-corrected chi connectivity index (χ0v) is 6.36. The highest BCUT2D eigenvalue weighted by molar-refractivity contribution is 5.22. The van der Waals surface area contributed by atoms with Crippen LogP contribution in [-0.4, -0.2) is 12.8 Å². The second kappa shape index (κ2) is 3.64. The molecule has 71 valence electrons. The van der Waals surface area contributed by atoms with E-state index in [9.17, 15) is 17.6 Å². The van der Waals surface area contributed by atoms with Gasteiger partial charge in [0, 0.05) is 0 Å². The molecule has 5 heteroatoms. The number of hydrogen-bond acceptors (Lipinski definition) is 1. The lowest BCUT2D eigenvalue weighted by atomic mass is 10.3. The van der Waals surface area contributed by atoms with Crippen molar-refractivity contribution in [3.8, 4) is 5.75 Å². The summed E-state index contributed by atoms with van der Waals surface area (Å²) in [5, 5.41) is 0. The van der Waals surface area contributed by atoms with Crippen molar-refractivity contribution in [1.29, 1.82) is 0 Å². The van der Waals surface area contributed by atoms with Crippen molar-refractivity contribution >= 4 is 0 Å². The largest absolute Gasteiger partial charge is 0.481 e. The van der Waals surface area contributed by atoms with Crippen LogP contribution in [0.1, 0.15) is 0 Å². The van der Waals surface area contributed by atoms with Crippen LogP contribution in [0.3, 0.4) is 0 Å². The maximum absolute atomic E-state index is 12.7. The molecule has 0 aliphatic heterocycles. The van der Waals surface area contributed by atoms with E-state index < -0.39 is 24.3 Å². The molecule has 0 unspecified atom stereocenters. The molecule has 0 fully saturated rings. The van der Waals surface area contributed by atoms with Crippen molar-refractivity contribution < 1.29 is 22.3 Å². The molecule has 0 aliphatic carbocycles. The highest BCUT2D eigenvalue weighted by atomic mass is 19.4. The van der Waals surface area contributed by atoms with E-state index in [1.807, 2.05) is 0 Å². The smallest absolute Gasteiger partial charge is 0.422 e. The molecular formula is C8H5F4O. The minimum Gasteiger partial charge on any atom is -0.481 e. The Morgan fingerprint density at radius 3 is 2.62 bits per heavy atom. The van der Waals surface area contributed by atoms with Crippen LogP contribution in [0.25, 0.3) is 0 Å². The molecule has 1 rings (SSSR count). The van der Waals surface area contributed by atoms with Crippen LogP contribution in [0.15, 0.2) is 18.2 Å². The van der Waals surface area contributed by atoms with Gasteiger partial charge in [-0.15, -0.1) is 0 Å². The second-order valence-corrected chi connectivity index (χ2v) is 2.26. The third-order valence-corrected chi connectivity index (χ3v) is 1.17. The highest BCUT2D eigenvalue weighted by Gasteiger charge is 2.28. The van der Waals surface area contributed by atoms with Crippen LogP contribution in [0, 0.1) is 11.9 Å². The molecule has 0 heterocycles. The average molecular weight is 193 g/mol. The third kappa shape index (κ3) is 3.31. The Morgan fingerprint density at radius 1 is 1.38 bits per heavy atom. The Hall–Kier alpha value is -1.26. The first-order valence-electron chi connectivity index (χ1n) is 3.34. The first-order valence-corrected chi connectivity index (χ1v) is 3.34. The number of ether oxygens (including phenoxy) is 1. The first kappa shape index (κ1) is 9.83. The summed E-state index contributed by atoms with van der Waals surface area (Å²) in [6.45, 7) is -1.50. The van der Waals surface area contributed by atoms with Crippen LogP contribution in [0.2, 0.25) is 0 Å². The maximum Gasteiger partial charge on any atom is 0.422 e. The van der Waals surface area contributed by atoms with Gasteiger partial charge in [-0.05, 0) is 18.2 Å². The van der Waals surface area contributed by atoms with E-state index in [0.29, 0.717) is 0 Å². The number of alkyl halides is 3. The van der Waals surface area contributed by atoms with Crippen molar-refractivity contribution in [1.82, 2.24) is 0 Å². The van der Waals surface area contributed by atoms with E-state index in [2.05, 4.69) is 10.8 Å². The average Bonchev–Trinajstić information content (AvgIpc) is 2.01. The Balaban J connectivity index is 2.60. The van der Waals surface area contributed by atoms with Crippen molar-refractivity contribution in [2.45, 2.75) is 6.18 Å². The first-order chi connectivity index (χ1) is 5.99. The molecule has 1 radical (unpaired) electrons. The van der Waals surface area contributed by atoms with E-state index in [1.54, 1.807) is 0 Å². The van der Waals surface area contributed by atoms with Gasteiger partial charge in [0.25, 0.3) is 0 Å². The minimum atomic E-state index is -4.46. The van der Waals surface area contributed by atoms with E-state index in [0.717, 1.165) is 12.1 Å². The Labute approximate surface area is 71.9 Å². The van der Waals surface area contributed by atoms with Gasteiger partial charge in [-0.2, -0.15) is 13.2 Å². The fraction of sp³-hybridized carbons (Fsp3) is 0.250. The predicted octanol–water partition coefficient (Wildman–Crippen LogP) is 2.57. The molecule has 1 nitrogen and oxygen atoms in total. The molecule has 13 heavy (non-hydrogen) atoms. The fourth-order valence-corrected chi connectivity index (χ4v) is 0.666. The molecule has 0 amide bonds. The summed E-state index contributed by atoms with van der Waals surface area (Å²) in [7, 11) is 0. The number of rotatable bonds is 2. The number of halogens is 4. The zero-order chi connectivity index (χ0) is 9.90. The minimum absolute atomic E-state index is 0.445. The molecular weight excluding hydrogens is 188 g/mol. The fourth-order valence-electron chi connectivity index (χ4n) is 0.666. The van der Waals surface area contributed by atoms with E-state index >= 15 is 0 Å². The van der Waals surface area contributed by atoms with Gasteiger partial charge in [-0.3, -0.25) is 0 Å². The summed E-state index contributed by atoms with van der Waals surface area (Å²) in [6.07, 6.45) is -4.46. The molecule has 0 atom stereocenters. The summed E-state index contributed by atoms with van der Waals surface area (Å²) in [4.78, 5) is 0. The van der Waals surface area contributed by atoms with Crippen LogP contribution in [0.5, 0.6) is 5.75 Å². The molecule has 1 aromatic rings. The normalized spacial score (nSPS) is 11.4. The monoisotopic (exact) mass is 193 g/mol. The Kier molecular flexibility index (Phi) is 2.75. The summed E-state index contributed by atoms with van der Waals surface area (Å²) in [5.74, 6) is -1.28. The van der Waals surface area contributed by atoms with Gasteiger partial charge >= 0.3 is 6.18 Å². The molecule has 0 N–H and O–H groups in total. The number of benzene rings is 1. The maximum atomic E-state index is 12.7. The molecule has 0 spiro atoms. The molecule has 0 bridgehead atoms. The van der Waals surface area contributed by atoms with Crippen molar-refractivity contribution in [3.63, 3.8) is 0 Å². The lowest BCUT2D eigenvalue weighted by Crippen LogP contribution is -2.19. The SMILES string of the molecule is Fc1cc[c]cc1OCC(F)(F)F. The van der Waals surface area contributed by atoms with Gasteiger partial charge in [-0.1, -0.05) is 6.07 Å². The zero-order valence-electron chi connectivity index (χ0n) is 6.36. The van der Waals surface area contributed by atoms with Crippen LogP contribution in [0.4, 0.5) is 17.6 Å². The topological polar surface area (TPSA) is 9.23 Å². The van der Waals surface area contributed by atoms with Gasteiger partial charge in [-0.25, -0.2) is 4.39 Å². The van der Waals surface area contributed by atoms with Crippen LogP contribution >= 0.6 is 0 Å². The summed E-state index contributed by atoms with van der Waals surface area (Å²) in [5.41, 5.74) is 0. The lowest BCUT2D eigenvalue weighted by Gasteiger charge is -2.08. The van der Waals surface area contributed by atoms with Crippen molar-refractivity contribution in [2.24, 2.45) is 0 Å². The molecule has 0 aromatic heterocycles. The van der Waals surface area contributed by atoms with E-state index in [4.69, 9.17) is 0 Å². The van der Waals surface area contributed by atoms with Crippen LogP contribution in [-0.2, 0) is 0 Å². The molecule has 1 aromatic carbocycles. The van der Waals surface area contributed by atoms with Gasteiger partial charge in [0.2, 0.25) is 0 Å². The quantitative estimate of drug-likeness (QED) is 0.656. The van der Waals surface area contributed by atoms with Gasteiger partial charge in [0.1, 0.15) is 0 Å². The Bertz CT molecular complexity index is 282. The molecule has 0 saturated carbocycles. The van der Waals surface area contributed by atoms with Crippen LogP contribution < -0.4 is 4.74 Å². The summed E-state index contributed by atoms with van der Waals surface area (Å²) >= 11 is 0. The highest BCUT2D eigenvalue weighted by Crippen LogP contribution is 2.20. The van der Waals surface area contributed by atoms with Gasteiger partial charge in [0.15, 0.2) is 18.2 Å². The standard InChI is InChI=1S/C8H5F4O/c9-6-3-1-2-4-7(6)13-5-8(10,11)12/h1,3-4H,5H2. The van der Waals surface area contributed by atoms with Gasteiger partial charge < -0.3 is 4.74 Å². The van der Waals surface area contributed by atoms with Crippen molar-refractivity contribution in [3.05, 3.63) is 30.1 Å². The Morgan fingerprint density at radius 2 is 2.08 bits per heavy atom. The van der Waals surface area contributed by atoms with E-state index in [1.165, 1.54) is 6.07 Å². The molecule has 0 saturated heterocycles. The third-order valence-electron chi connectivity index (χ3n) is 1.17. The van der Waals surface area contributed by atoms with Gasteiger partial charge in [0.05, 0.1) is 0 Å². The summed E-state index contributed by atoms with van der Waals surface area (Å²) in [6, 6.07) is 5.64. The number of hydrogen-bond donors (Lipinski definition) is 0. The van der Waals surface area contributed by atoms with Crippen molar-refractivity contribution in [2.75, 3.05) is 6.61 Å². The summed E-state index contributed by atoms with van der Waals surface area (Å²) < 4.78 is 51.7. The predicted molar refractivity (Wildman–Crippen MR) is 36.8 cm³/mol. The lowest BCUT2D eigenvalue weighted by molar-refractivity contribution is -0.153. The second-order valence-electron chi connectivity index (χ2n) is 2.26. The van der Waals surface area contributed by atoms with E-state index in [-0.39, 0.29) is 0 Å².